The number of piperazine rings is 1. The van der Waals surface area contributed by atoms with Crippen LogP contribution in [-0.2, 0) is 22.7 Å². The average molecular weight is 522 g/mol. The van der Waals surface area contributed by atoms with E-state index in [0.29, 0.717) is 18.8 Å². The summed E-state index contributed by atoms with van der Waals surface area (Å²) < 4.78 is 21.9. The molecule has 1 saturated heterocycles. The van der Waals surface area contributed by atoms with Gasteiger partial charge < -0.3 is 19.4 Å². The summed E-state index contributed by atoms with van der Waals surface area (Å²) in [5.74, 6) is 0.594. The molecule has 1 fully saturated rings. The SMILES string of the molecule is CC[C@@H](C)N(Cc1c(C)nn(-c2cccc(F)c2)c1N1CCN(CC)CC1)C(=O)COCc1ccccc1. The van der Waals surface area contributed by atoms with Crippen molar-refractivity contribution in [1.29, 1.82) is 0 Å². The zero-order valence-corrected chi connectivity index (χ0v) is 23.1. The minimum atomic E-state index is -0.300. The number of hydrogen-bond donors (Lipinski definition) is 0. The molecule has 2 aromatic carbocycles. The van der Waals surface area contributed by atoms with Crippen LogP contribution >= 0.6 is 0 Å². The lowest BCUT2D eigenvalue weighted by Crippen LogP contribution is -2.47. The van der Waals surface area contributed by atoms with Crippen molar-refractivity contribution in [2.24, 2.45) is 0 Å². The van der Waals surface area contributed by atoms with Gasteiger partial charge in [0.05, 0.1) is 24.5 Å². The van der Waals surface area contributed by atoms with Crippen molar-refractivity contribution in [3.8, 4) is 5.69 Å². The fourth-order valence-electron chi connectivity index (χ4n) is 4.91. The maximum absolute atomic E-state index is 14.2. The van der Waals surface area contributed by atoms with E-state index in [9.17, 15) is 9.18 Å². The van der Waals surface area contributed by atoms with Gasteiger partial charge in [-0.15, -0.1) is 0 Å². The molecule has 38 heavy (non-hydrogen) atoms. The predicted octanol–water partition coefficient (Wildman–Crippen LogP) is 4.81. The first-order valence-corrected chi connectivity index (χ1v) is 13.6. The van der Waals surface area contributed by atoms with E-state index < -0.39 is 0 Å². The highest BCUT2D eigenvalue weighted by molar-refractivity contribution is 5.78. The number of rotatable bonds is 11. The van der Waals surface area contributed by atoms with Gasteiger partial charge in [0.25, 0.3) is 0 Å². The van der Waals surface area contributed by atoms with Crippen LogP contribution in [0.4, 0.5) is 10.2 Å². The Morgan fingerprint density at radius 3 is 2.47 bits per heavy atom. The molecule has 8 heteroatoms. The van der Waals surface area contributed by atoms with Gasteiger partial charge in [-0.05, 0) is 50.6 Å². The van der Waals surface area contributed by atoms with Crippen LogP contribution in [0.1, 0.15) is 44.0 Å². The van der Waals surface area contributed by atoms with Gasteiger partial charge in [-0.1, -0.05) is 50.2 Å². The molecule has 1 aliphatic heterocycles. The molecule has 7 nitrogen and oxygen atoms in total. The van der Waals surface area contributed by atoms with Gasteiger partial charge in [-0.25, -0.2) is 9.07 Å². The summed E-state index contributed by atoms with van der Waals surface area (Å²) in [6, 6.07) is 16.4. The molecular weight excluding hydrogens is 481 g/mol. The van der Waals surface area contributed by atoms with Gasteiger partial charge in [0, 0.05) is 37.8 Å². The van der Waals surface area contributed by atoms with Crippen molar-refractivity contribution < 1.29 is 13.9 Å². The number of ether oxygens (including phenoxy) is 1. The first kappa shape index (κ1) is 27.8. The number of benzene rings is 2. The maximum Gasteiger partial charge on any atom is 0.249 e. The number of aromatic nitrogens is 2. The summed E-state index contributed by atoms with van der Waals surface area (Å²) in [6.07, 6.45) is 0.825. The molecule has 1 aliphatic rings. The highest BCUT2D eigenvalue weighted by Crippen LogP contribution is 2.30. The highest BCUT2D eigenvalue weighted by Gasteiger charge is 2.29. The third-order valence-electron chi connectivity index (χ3n) is 7.44. The Bertz CT molecular complexity index is 1190. The average Bonchev–Trinajstić information content (AvgIpc) is 3.27. The van der Waals surface area contributed by atoms with E-state index in [2.05, 4.69) is 30.6 Å². The monoisotopic (exact) mass is 521 g/mol. The number of nitrogens with zero attached hydrogens (tertiary/aromatic N) is 5. The second-order valence-electron chi connectivity index (χ2n) is 9.96. The van der Waals surface area contributed by atoms with Gasteiger partial charge in [-0.3, -0.25) is 4.79 Å². The van der Waals surface area contributed by atoms with E-state index >= 15 is 0 Å². The molecule has 1 amide bonds. The molecule has 2 heterocycles. The van der Waals surface area contributed by atoms with Crippen LogP contribution in [0.5, 0.6) is 0 Å². The predicted molar refractivity (Wildman–Crippen MR) is 149 cm³/mol. The number of anilines is 1. The Labute approximate surface area is 225 Å². The van der Waals surface area contributed by atoms with Crippen LogP contribution in [0.15, 0.2) is 54.6 Å². The molecular formula is C30H40FN5O2. The number of carbonyl (C=O) groups is 1. The lowest BCUT2D eigenvalue weighted by Gasteiger charge is -2.37. The number of aryl methyl sites for hydroxylation is 1. The molecule has 0 bridgehead atoms. The molecule has 0 saturated carbocycles. The molecule has 1 aromatic heterocycles. The van der Waals surface area contributed by atoms with Crippen molar-refractivity contribution >= 4 is 11.7 Å². The Morgan fingerprint density at radius 1 is 1.08 bits per heavy atom. The van der Waals surface area contributed by atoms with Gasteiger partial charge in [0.1, 0.15) is 18.2 Å². The largest absolute Gasteiger partial charge is 0.367 e. The van der Waals surface area contributed by atoms with E-state index in [0.717, 1.165) is 61.8 Å². The highest BCUT2D eigenvalue weighted by atomic mass is 19.1. The molecule has 0 radical (unpaired) electrons. The van der Waals surface area contributed by atoms with Crippen LogP contribution in [0.3, 0.4) is 0 Å². The molecule has 1 atom stereocenters. The third kappa shape index (κ3) is 6.60. The molecule has 0 aliphatic carbocycles. The van der Waals surface area contributed by atoms with Crippen LogP contribution in [0.25, 0.3) is 5.69 Å². The van der Waals surface area contributed by atoms with E-state index in [-0.39, 0.29) is 24.4 Å². The smallest absolute Gasteiger partial charge is 0.249 e. The number of carbonyl (C=O) groups excluding carboxylic acids is 1. The van der Waals surface area contributed by atoms with Crippen molar-refractivity contribution in [2.45, 2.75) is 53.3 Å². The van der Waals surface area contributed by atoms with Crippen molar-refractivity contribution in [1.82, 2.24) is 19.6 Å². The Hall–Kier alpha value is -3.23. The molecule has 0 spiro atoms. The molecule has 204 valence electrons. The number of hydrogen-bond acceptors (Lipinski definition) is 5. The summed E-state index contributed by atoms with van der Waals surface area (Å²) in [5.41, 5.74) is 3.56. The van der Waals surface area contributed by atoms with Crippen LogP contribution in [-0.4, -0.2) is 70.9 Å². The Balaban J connectivity index is 1.62. The van der Waals surface area contributed by atoms with Gasteiger partial charge >= 0.3 is 0 Å². The fourth-order valence-corrected chi connectivity index (χ4v) is 4.91. The lowest BCUT2D eigenvalue weighted by atomic mass is 10.1. The number of amides is 1. The summed E-state index contributed by atoms with van der Waals surface area (Å²) in [4.78, 5) is 20.1. The zero-order valence-electron chi connectivity index (χ0n) is 23.1. The van der Waals surface area contributed by atoms with Crippen LogP contribution < -0.4 is 4.90 Å². The zero-order chi connectivity index (χ0) is 27.1. The van der Waals surface area contributed by atoms with Gasteiger partial charge in [-0.2, -0.15) is 5.10 Å². The Morgan fingerprint density at radius 2 is 1.82 bits per heavy atom. The van der Waals surface area contributed by atoms with Crippen molar-refractivity contribution in [3.05, 3.63) is 77.2 Å². The van der Waals surface area contributed by atoms with E-state index in [1.165, 1.54) is 12.1 Å². The molecule has 3 aromatic rings. The normalized spacial score (nSPS) is 15.0. The quantitative estimate of drug-likeness (QED) is 0.363. The fraction of sp³-hybridized carbons (Fsp3) is 0.467. The maximum atomic E-state index is 14.2. The molecule has 0 N–H and O–H groups in total. The summed E-state index contributed by atoms with van der Waals surface area (Å²) in [7, 11) is 0. The van der Waals surface area contributed by atoms with Crippen LogP contribution in [0.2, 0.25) is 0 Å². The second-order valence-corrected chi connectivity index (χ2v) is 9.96. The molecule has 0 unspecified atom stereocenters. The standard InChI is InChI=1S/C30H40FN5O2/c1-5-23(3)35(29(37)22-38-21-25-11-8-7-9-12-25)20-28-24(4)32-36(27-14-10-13-26(31)19-27)30(28)34-17-15-33(6-2)16-18-34/h7-14,19,23H,5-6,15-18,20-22H2,1-4H3/t23-/m1/s1. The van der Waals surface area contributed by atoms with Crippen molar-refractivity contribution in [2.75, 3.05) is 44.2 Å². The summed E-state index contributed by atoms with van der Waals surface area (Å²) >= 11 is 0. The number of likely N-dealkylation sites (N-methyl/N-ethyl adjacent to an activating group) is 1. The Kier molecular flexibility index (Phi) is 9.53. The first-order valence-electron chi connectivity index (χ1n) is 13.6. The number of halogens is 1. The summed E-state index contributed by atoms with van der Waals surface area (Å²) in [6.45, 7) is 13.7. The van der Waals surface area contributed by atoms with Crippen LogP contribution in [0, 0.1) is 12.7 Å². The minimum Gasteiger partial charge on any atom is -0.367 e. The third-order valence-corrected chi connectivity index (χ3v) is 7.44. The van der Waals surface area contributed by atoms with Gasteiger partial charge in [0.15, 0.2) is 0 Å². The first-order chi connectivity index (χ1) is 18.4. The minimum absolute atomic E-state index is 0.0147. The van der Waals surface area contributed by atoms with Gasteiger partial charge in [0.2, 0.25) is 5.91 Å². The van der Waals surface area contributed by atoms with E-state index in [1.807, 2.05) is 52.9 Å². The summed E-state index contributed by atoms with van der Waals surface area (Å²) in [5, 5.41) is 4.86. The second kappa shape index (κ2) is 13.0. The topological polar surface area (TPSA) is 53.8 Å². The molecule has 4 rings (SSSR count). The van der Waals surface area contributed by atoms with E-state index in [1.54, 1.807) is 6.07 Å². The lowest BCUT2D eigenvalue weighted by molar-refractivity contribution is -0.139. The van der Waals surface area contributed by atoms with Crippen molar-refractivity contribution in [3.63, 3.8) is 0 Å². The van der Waals surface area contributed by atoms with E-state index in [4.69, 9.17) is 9.84 Å².